The molecule has 4 rings (SSSR count). The Balaban J connectivity index is 1.79. The van der Waals surface area contributed by atoms with Crippen LogP contribution in [-0.2, 0) is 9.59 Å². The van der Waals surface area contributed by atoms with Crippen LogP contribution in [0.25, 0.3) is 0 Å². The molecular formula is C14H20N2O2. The first kappa shape index (κ1) is 10.8. The second-order valence-electron chi connectivity index (χ2n) is 6.33. The summed E-state index contributed by atoms with van der Waals surface area (Å²) in [5, 5.41) is 0. The van der Waals surface area contributed by atoms with Gasteiger partial charge in [0.1, 0.15) is 0 Å². The van der Waals surface area contributed by atoms with Gasteiger partial charge in [-0.1, -0.05) is 12.8 Å². The van der Waals surface area contributed by atoms with Crippen LogP contribution in [0.4, 0.5) is 0 Å². The molecule has 0 aromatic heterocycles. The summed E-state index contributed by atoms with van der Waals surface area (Å²) in [5.74, 6) is 1.18. The Bertz CT molecular complexity index is 422. The quantitative estimate of drug-likeness (QED) is 0.645. The van der Waals surface area contributed by atoms with Crippen molar-refractivity contribution >= 4 is 11.8 Å². The molecular weight excluding hydrogens is 228 g/mol. The molecule has 0 N–H and O–H groups in total. The summed E-state index contributed by atoms with van der Waals surface area (Å²) in [6, 6.07) is 0.329. The number of hydrogen-bond acceptors (Lipinski definition) is 2. The fourth-order valence-corrected chi connectivity index (χ4v) is 5.13. The molecule has 0 aromatic carbocycles. The van der Waals surface area contributed by atoms with Crippen molar-refractivity contribution in [3.63, 3.8) is 0 Å². The van der Waals surface area contributed by atoms with E-state index in [1.165, 1.54) is 19.3 Å². The van der Waals surface area contributed by atoms with Crippen LogP contribution in [0.15, 0.2) is 0 Å². The molecule has 4 heteroatoms. The molecule has 3 aliphatic heterocycles. The zero-order chi connectivity index (χ0) is 12.3. The number of carbonyl (C=O) groups excluding carboxylic acids is 2. The summed E-state index contributed by atoms with van der Waals surface area (Å²) in [6.45, 7) is 1.54. The standard InChI is InChI=1S/C14H20N2O2/c17-12-5-4-11-14-6-2-1-3-10(14)9-13(18)16(14)8-7-15(11)12/h10-11H,1-9H2/t10-,11-,14?/m0/s1. The van der Waals surface area contributed by atoms with Crippen LogP contribution in [0.3, 0.4) is 0 Å². The Morgan fingerprint density at radius 3 is 2.83 bits per heavy atom. The third kappa shape index (κ3) is 1.12. The van der Waals surface area contributed by atoms with Crippen molar-refractivity contribution in [3.8, 4) is 0 Å². The van der Waals surface area contributed by atoms with E-state index in [0.29, 0.717) is 30.2 Å². The van der Waals surface area contributed by atoms with Crippen LogP contribution >= 0.6 is 0 Å². The van der Waals surface area contributed by atoms with Gasteiger partial charge in [-0.2, -0.15) is 0 Å². The molecule has 1 saturated carbocycles. The second-order valence-corrected chi connectivity index (χ2v) is 6.33. The highest BCUT2D eigenvalue weighted by atomic mass is 16.2. The molecule has 0 aromatic rings. The van der Waals surface area contributed by atoms with Gasteiger partial charge in [0.25, 0.3) is 0 Å². The molecule has 3 atom stereocenters. The Kier molecular flexibility index (Phi) is 2.10. The van der Waals surface area contributed by atoms with E-state index in [0.717, 1.165) is 32.4 Å². The highest BCUT2D eigenvalue weighted by Crippen LogP contribution is 2.52. The SMILES string of the molecule is O=C1CC[C@@H]2N1CCN1C(=O)C[C@@H]3CCCCC321. The first-order valence-electron chi connectivity index (χ1n) is 7.33. The zero-order valence-electron chi connectivity index (χ0n) is 10.7. The largest absolute Gasteiger partial charge is 0.336 e. The Morgan fingerprint density at radius 1 is 1.06 bits per heavy atom. The fourth-order valence-electron chi connectivity index (χ4n) is 5.13. The van der Waals surface area contributed by atoms with Crippen molar-refractivity contribution in [3.05, 3.63) is 0 Å². The van der Waals surface area contributed by atoms with Gasteiger partial charge in [0.2, 0.25) is 11.8 Å². The number of piperazine rings is 1. The molecule has 2 amide bonds. The number of carbonyl (C=O) groups is 2. The molecule has 1 aliphatic carbocycles. The van der Waals surface area contributed by atoms with E-state index in [1.54, 1.807) is 0 Å². The number of amides is 2. The third-order valence-corrected chi connectivity index (χ3v) is 5.78. The van der Waals surface area contributed by atoms with Crippen molar-refractivity contribution < 1.29 is 9.59 Å². The molecule has 4 nitrogen and oxygen atoms in total. The molecule has 4 aliphatic rings. The molecule has 4 fully saturated rings. The number of fused-ring (bicyclic) bond motifs is 1. The van der Waals surface area contributed by atoms with E-state index >= 15 is 0 Å². The number of nitrogens with zero attached hydrogens (tertiary/aromatic N) is 2. The first-order chi connectivity index (χ1) is 8.73. The molecule has 0 radical (unpaired) electrons. The topological polar surface area (TPSA) is 40.6 Å². The van der Waals surface area contributed by atoms with Gasteiger partial charge >= 0.3 is 0 Å². The van der Waals surface area contributed by atoms with Crippen LogP contribution in [0.1, 0.15) is 44.9 Å². The van der Waals surface area contributed by atoms with Crippen LogP contribution in [-0.4, -0.2) is 46.3 Å². The maximum absolute atomic E-state index is 12.3. The monoisotopic (exact) mass is 248 g/mol. The summed E-state index contributed by atoms with van der Waals surface area (Å²) in [5.41, 5.74) is 0.0275. The highest BCUT2D eigenvalue weighted by Gasteiger charge is 2.62. The summed E-state index contributed by atoms with van der Waals surface area (Å²) in [7, 11) is 0. The third-order valence-electron chi connectivity index (χ3n) is 5.78. The van der Waals surface area contributed by atoms with E-state index < -0.39 is 0 Å². The lowest BCUT2D eigenvalue weighted by atomic mass is 9.67. The summed E-state index contributed by atoms with van der Waals surface area (Å²) in [6.07, 6.45) is 7.18. The molecule has 3 saturated heterocycles. The predicted molar refractivity (Wildman–Crippen MR) is 65.8 cm³/mol. The van der Waals surface area contributed by atoms with Crippen molar-refractivity contribution in [2.24, 2.45) is 5.92 Å². The van der Waals surface area contributed by atoms with E-state index in [-0.39, 0.29) is 5.54 Å². The lowest BCUT2D eigenvalue weighted by Crippen LogP contribution is -2.67. The van der Waals surface area contributed by atoms with Gasteiger partial charge in [0.15, 0.2) is 0 Å². The van der Waals surface area contributed by atoms with Crippen molar-refractivity contribution in [2.45, 2.75) is 56.5 Å². The van der Waals surface area contributed by atoms with E-state index in [9.17, 15) is 9.59 Å². The minimum Gasteiger partial charge on any atom is -0.336 e. The number of rotatable bonds is 0. The summed E-state index contributed by atoms with van der Waals surface area (Å²) < 4.78 is 0. The Morgan fingerprint density at radius 2 is 1.94 bits per heavy atom. The maximum Gasteiger partial charge on any atom is 0.223 e. The highest BCUT2D eigenvalue weighted by molar-refractivity contribution is 5.84. The first-order valence-corrected chi connectivity index (χ1v) is 7.33. The van der Waals surface area contributed by atoms with E-state index in [1.807, 2.05) is 0 Å². The van der Waals surface area contributed by atoms with Crippen molar-refractivity contribution in [2.75, 3.05) is 13.1 Å². The lowest BCUT2D eigenvalue weighted by Gasteiger charge is -2.55. The lowest BCUT2D eigenvalue weighted by molar-refractivity contribution is -0.146. The zero-order valence-corrected chi connectivity index (χ0v) is 10.7. The summed E-state index contributed by atoms with van der Waals surface area (Å²) >= 11 is 0. The molecule has 1 unspecified atom stereocenters. The van der Waals surface area contributed by atoms with E-state index in [2.05, 4.69) is 9.80 Å². The van der Waals surface area contributed by atoms with Crippen LogP contribution in [0.2, 0.25) is 0 Å². The Hall–Kier alpha value is -1.06. The molecule has 3 heterocycles. The minimum absolute atomic E-state index is 0.0275. The molecule has 18 heavy (non-hydrogen) atoms. The smallest absolute Gasteiger partial charge is 0.223 e. The van der Waals surface area contributed by atoms with Crippen LogP contribution in [0.5, 0.6) is 0 Å². The summed E-state index contributed by atoms with van der Waals surface area (Å²) in [4.78, 5) is 28.5. The molecule has 98 valence electrons. The van der Waals surface area contributed by atoms with Gasteiger partial charge in [-0.15, -0.1) is 0 Å². The van der Waals surface area contributed by atoms with Gasteiger partial charge in [0, 0.05) is 25.9 Å². The van der Waals surface area contributed by atoms with Gasteiger partial charge in [-0.05, 0) is 25.2 Å². The molecule has 1 spiro atoms. The average molecular weight is 248 g/mol. The van der Waals surface area contributed by atoms with Gasteiger partial charge in [-0.25, -0.2) is 0 Å². The predicted octanol–water partition coefficient (Wildman–Crippen LogP) is 1.15. The van der Waals surface area contributed by atoms with Crippen LogP contribution < -0.4 is 0 Å². The number of hydrogen-bond donors (Lipinski definition) is 0. The van der Waals surface area contributed by atoms with Crippen molar-refractivity contribution in [1.29, 1.82) is 0 Å². The maximum atomic E-state index is 12.3. The second kappa shape index (κ2) is 3.49. The van der Waals surface area contributed by atoms with E-state index in [4.69, 9.17) is 0 Å². The van der Waals surface area contributed by atoms with Crippen LogP contribution in [0, 0.1) is 5.92 Å². The van der Waals surface area contributed by atoms with Crippen molar-refractivity contribution in [1.82, 2.24) is 9.80 Å². The fraction of sp³-hybridized carbons (Fsp3) is 0.857. The normalized spacial score (nSPS) is 42.9. The average Bonchev–Trinajstić information content (AvgIpc) is 2.88. The molecule has 0 bridgehead atoms. The van der Waals surface area contributed by atoms with Gasteiger partial charge < -0.3 is 9.80 Å². The van der Waals surface area contributed by atoms with Gasteiger partial charge in [0.05, 0.1) is 11.6 Å². The van der Waals surface area contributed by atoms with Gasteiger partial charge in [-0.3, -0.25) is 9.59 Å². The Labute approximate surface area is 107 Å². The minimum atomic E-state index is 0.0275.